The molecular weight excluding hydrogens is 408 g/mol. The van der Waals surface area contributed by atoms with E-state index in [2.05, 4.69) is 0 Å². The van der Waals surface area contributed by atoms with Crippen LogP contribution in [0.4, 0.5) is 0 Å². The van der Waals surface area contributed by atoms with Crippen molar-refractivity contribution < 1.29 is 50.0 Å². The van der Waals surface area contributed by atoms with Gasteiger partial charge in [-0.15, -0.1) is 11.8 Å². The highest BCUT2D eigenvalue weighted by molar-refractivity contribution is 8.00. The minimum atomic E-state index is -1.68. The van der Waals surface area contributed by atoms with E-state index in [1.165, 1.54) is 11.8 Å². The molecule has 11 heteroatoms. The van der Waals surface area contributed by atoms with Crippen LogP contribution in [0.15, 0.2) is 23.8 Å². The molecule has 0 radical (unpaired) electrons. The van der Waals surface area contributed by atoms with Crippen LogP contribution in [0, 0.1) is 0 Å². The Labute approximate surface area is 172 Å². The van der Waals surface area contributed by atoms with Crippen LogP contribution in [0.3, 0.4) is 0 Å². The average Bonchev–Trinajstić information content (AvgIpc) is 3.24. The van der Waals surface area contributed by atoms with Gasteiger partial charge in [0.2, 0.25) is 0 Å². The topological polar surface area (TPSA) is 169 Å². The van der Waals surface area contributed by atoms with E-state index < -0.39 is 73.8 Å². The number of aliphatic hydroxyl groups is 7. The van der Waals surface area contributed by atoms with E-state index in [-0.39, 0.29) is 0 Å². The van der Waals surface area contributed by atoms with E-state index in [4.69, 9.17) is 14.2 Å². The van der Waals surface area contributed by atoms with Crippen LogP contribution < -0.4 is 0 Å². The number of rotatable bonds is 7. The second kappa shape index (κ2) is 10.2. The van der Waals surface area contributed by atoms with Crippen LogP contribution in [0.25, 0.3) is 0 Å². The third-order valence-corrected chi connectivity index (χ3v) is 6.50. The molecule has 2 fully saturated rings. The number of hydrogen-bond acceptors (Lipinski definition) is 11. The molecule has 0 amide bonds. The Morgan fingerprint density at radius 3 is 2.24 bits per heavy atom. The van der Waals surface area contributed by atoms with Crippen molar-refractivity contribution in [1.29, 1.82) is 0 Å². The summed E-state index contributed by atoms with van der Waals surface area (Å²) >= 11 is 1.29. The summed E-state index contributed by atoms with van der Waals surface area (Å²) in [6, 6.07) is 0. The highest BCUT2D eigenvalue weighted by Gasteiger charge is 2.50. The average molecular weight is 436 g/mol. The highest BCUT2D eigenvalue weighted by Crippen LogP contribution is 2.33. The van der Waals surface area contributed by atoms with Gasteiger partial charge in [0.05, 0.1) is 13.2 Å². The molecule has 0 aromatic heterocycles. The second-order valence-electron chi connectivity index (χ2n) is 7.27. The Bertz CT molecular complexity index is 597. The molecule has 3 rings (SSSR count). The molecule has 3 aliphatic rings. The van der Waals surface area contributed by atoms with E-state index in [1.54, 1.807) is 0 Å². The van der Waals surface area contributed by atoms with Gasteiger partial charge >= 0.3 is 0 Å². The molecule has 0 spiro atoms. The molecule has 0 bridgehead atoms. The first-order chi connectivity index (χ1) is 13.9. The van der Waals surface area contributed by atoms with E-state index >= 15 is 0 Å². The van der Waals surface area contributed by atoms with Crippen molar-refractivity contribution in [3.8, 4) is 0 Å². The Morgan fingerprint density at radius 2 is 1.62 bits per heavy atom. The molecule has 2 heterocycles. The van der Waals surface area contributed by atoms with Crippen LogP contribution >= 0.6 is 11.8 Å². The zero-order valence-electron chi connectivity index (χ0n) is 15.6. The molecule has 29 heavy (non-hydrogen) atoms. The Hall–Kier alpha value is -0.570. The third kappa shape index (κ3) is 5.02. The number of thioether (sulfide) groups is 1. The number of allylic oxidation sites excluding steroid dienone is 3. The van der Waals surface area contributed by atoms with Gasteiger partial charge in [-0.25, -0.2) is 0 Å². The molecule has 10 nitrogen and oxygen atoms in total. The van der Waals surface area contributed by atoms with Gasteiger partial charge in [0.25, 0.3) is 0 Å². The summed E-state index contributed by atoms with van der Waals surface area (Å²) < 4.78 is 16.5. The summed E-state index contributed by atoms with van der Waals surface area (Å²) in [7, 11) is 0. The fraction of sp³-hybridized carbons (Fsp3) is 0.778. The van der Waals surface area contributed by atoms with Gasteiger partial charge in [-0.05, 0) is 6.42 Å². The lowest BCUT2D eigenvalue weighted by Crippen LogP contribution is -2.64. The smallest absolute Gasteiger partial charge is 0.187 e. The first kappa shape index (κ1) is 23.1. The standard InChI is InChI=1S/C18H28O10S/c19-5-9-11(21)12(22)14(24)17(26-9)28-16-10(6-20)27-18(15(25)13(16)23)29-7-8-3-1-2-4-8/h1-3,9-25H,4-7H2/t9-,10-,11+,12+,13-,14-,15-,16-,17+,18+/m1/s1. The predicted molar refractivity (Wildman–Crippen MR) is 101 cm³/mol. The Balaban J connectivity index is 1.64. The van der Waals surface area contributed by atoms with Gasteiger partial charge in [0.1, 0.15) is 54.3 Å². The van der Waals surface area contributed by atoms with Gasteiger partial charge in [-0.1, -0.05) is 23.8 Å². The summed E-state index contributed by atoms with van der Waals surface area (Å²) in [5.41, 5.74) is 0.332. The SMILES string of the molecule is OC[C@H]1O[C@@H](O[C@H]2[C@H](O)[C@@H](O)[C@H](SCC3=CC=CC3)O[C@@H]2CO)[C@H](O)[C@@H](O)[C@H]1O. The molecule has 2 aliphatic heterocycles. The van der Waals surface area contributed by atoms with Gasteiger partial charge in [0.15, 0.2) is 6.29 Å². The van der Waals surface area contributed by atoms with Crippen molar-refractivity contribution in [3.05, 3.63) is 23.8 Å². The van der Waals surface area contributed by atoms with E-state index in [9.17, 15) is 35.7 Å². The second-order valence-corrected chi connectivity index (χ2v) is 8.36. The summed E-state index contributed by atoms with van der Waals surface area (Å²) in [6.45, 7) is -1.17. The third-order valence-electron chi connectivity index (χ3n) is 5.24. The zero-order valence-corrected chi connectivity index (χ0v) is 16.4. The molecule has 166 valence electrons. The molecule has 10 atom stereocenters. The predicted octanol–water partition coefficient (Wildman–Crippen LogP) is -2.77. The Morgan fingerprint density at radius 1 is 0.897 bits per heavy atom. The van der Waals surface area contributed by atoms with Crippen molar-refractivity contribution in [2.45, 2.75) is 67.0 Å². The molecule has 0 aromatic rings. The van der Waals surface area contributed by atoms with Gasteiger partial charge in [0, 0.05) is 5.75 Å². The summed E-state index contributed by atoms with van der Waals surface area (Å²) in [4.78, 5) is 0. The van der Waals surface area contributed by atoms with Crippen LogP contribution in [-0.4, -0.2) is 115 Å². The first-order valence-electron chi connectivity index (χ1n) is 9.42. The maximum Gasteiger partial charge on any atom is 0.187 e. The maximum absolute atomic E-state index is 10.6. The zero-order chi connectivity index (χ0) is 21.1. The molecule has 7 N–H and O–H groups in total. The first-order valence-corrected chi connectivity index (χ1v) is 10.5. The number of ether oxygens (including phenoxy) is 3. The fourth-order valence-corrected chi connectivity index (χ4v) is 4.65. The Kier molecular flexibility index (Phi) is 8.09. The van der Waals surface area contributed by atoms with Gasteiger partial charge in [-0.3, -0.25) is 0 Å². The minimum absolute atomic E-state index is 0.535. The van der Waals surface area contributed by atoms with Crippen molar-refractivity contribution in [2.24, 2.45) is 0 Å². The minimum Gasteiger partial charge on any atom is -0.394 e. The van der Waals surface area contributed by atoms with Crippen molar-refractivity contribution >= 4 is 11.8 Å². The summed E-state index contributed by atoms with van der Waals surface area (Å²) in [5.74, 6) is 0.581. The van der Waals surface area contributed by atoms with E-state index in [0.29, 0.717) is 5.75 Å². The lowest BCUT2D eigenvalue weighted by Gasteiger charge is -2.46. The normalized spacial score (nSPS) is 45.4. The molecule has 0 saturated carbocycles. The molecule has 0 unspecified atom stereocenters. The highest BCUT2D eigenvalue weighted by atomic mass is 32.2. The van der Waals surface area contributed by atoms with Gasteiger partial charge in [-0.2, -0.15) is 0 Å². The maximum atomic E-state index is 10.6. The van der Waals surface area contributed by atoms with Crippen LogP contribution in [0.5, 0.6) is 0 Å². The molecule has 0 aromatic carbocycles. The lowest BCUT2D eigenvalue weighted by molar-refractivity contribution is -0.338. The molecule has 2 saturated heterocycles. The van der Waals surface area contributed by atoms with Crippen molar-refractivity contribution in [2.75, 3.05) is 19.0 Å². The quantitative estimate of drug-likeness (QED) is 0.220. The monoisotopic (exact) mass is 436 g/mol. The van der Waals surface area contributed by atoms with Crippen LogP contribution in [-0.2, 0) is 14.2 Å². The summed E-state index contributed by atoms with van der Waals surface area (Å²) in [6.07, 6.45) is -5.99. The fourth-order valence-electron chi connectivity index (χ4n) is 3.48. The van der Waals surface area contributed by atoms with E-state index in [1.807, 2.05) is 18.2 Å². The number of hydrogen-bond donors (Lipinski definition) is 7. The van der Waals surface area contributed by atoms with Crippen LogP contribution in [0.1, 0.15) is 6.42 Å². The largest absolute Gasteiger partial charge is 0.394 e. The van der Waals surface area contributed by atoms with Gasteiger partial charge < -0.3 is 50.0 Å². The molecule has 1 aliphatic carbocycles. The van der Waals surface area contributed by atoms with Crippen LogP contribution in [0.2, 0.25) is 0 Å². The molecular formula is C18H28O10S. The lowest BCUT2D eigenvalue weighted by atomic mass is 9.97. The number of aliphatic hydroxyl groups excluding tert-OH is 7. The summed E-state index contributed by atoms with van der Waals surface area (Å²) in [5, 5.41) is 69.8. The van der Waals surface area contributed by atoms with Crippen molar-refractivity contribution in [3.63, 3.8) is 0 Å². The van der Waals surface area contributed by atoms with E-state index in [0.717, 1.165) is 12.0 Å². The van der Waals surface area contributed by atoms with Crippen molar-refractivity contribution in [1.82, 2.24) is 0 Å².